The predicted octanol–water partition coefficient (Wildman–Crippen LogP) is 3.73. The van der Waals surface area contributed by atoms with E-state index >= 15 is 0 Å². The molecule has 2 nitrogen and oxygen atoms in total. The van der Waals surface area contributed by atoms with Crippen LogP contribution in [0.4, 0.5) is 0 Å². The topological polar surface area (TPSA) is 20.3 Å². The summed E-state index contributed by atoms with van der Waals surface area (Å²) in [5, 5.41) is 1.52. The molecule has 1 fully saturated rings. The number of piperidine rings is 1. The molecule has 1 atom stereocenters. The van der Waals surface area contributed by atoms with Crippen LogP contribution in [0.25, 0.3) is 0 Å². The maximum Gasteiger partial charge on any atom is 0.254 e. The van der Waals surface area contributed by atoms with Gasteiger partial charge in [0.25, 0.3) is 5.91 Å². The van der Waals surface area contributed by atoms with E-state index in [1.54, 1.807) is 24.3 Å². The Balaban J connectivity index is 2.15. The fourth-order valence-electron chi connectivity index (χ4n) is 2.19. The average molecular weight is 317 g/mol. The molecule has 2 rings (SSSR count). The Bertz CT molecular complexity index is 393. The summed E-state index contributed by atoms with van der Waals surface area (Å²) in [5.41, 5.74) is 0.724. The largest absolute Gasteiger partial charge is 0.335 e. The molecule has 0 spiro atoms. The summed E-state index contributed by atoms with van der Waals surface area (Å²) in [7, 11) is 0. The van der Waals surface area contributed by atoms with Gasteiger partial charge in [-0.05, 0) is 43.5 Å². The molecule has 1 aliphatic rings. The number of hydrogen-bond acceptors (Lipinski definition) is 1. The van der Waals surface area contributed by atoms with E-state index in [4.69, 9.17) is 11.6 Å². The summed E-state index contributed by atoms with van der Waals surface area (Å²) < 4.78 is 0. The zero-order valence-corrected chi connectivity index (χ0v) is 11.9. The minimum atomic E-state index is 0.116. The van der Waals surface area contributed by atoms with E-state index in [-0.39, 0.29) is 5.91 Å². The first-order valence-corrected chi connectivity index (χ1v) is 7.35. The van der Waals surface area contributed by atoms with Crippen LogP contribution >= 0.6 is 27.5 Å². The second-order valence-electron chi connectivity index (χ2n) is 4.31. The highest BCUT2D eigenvalue weighted by atomic mass is 79.9. The van der Waals surface area contributed by atoms with Crippen LogP contribution in [-0.4, -0.2) is 28.7 Å². The number of amides is 1. The van der Waals surface area contributed by atoms with E-state index in [2.05, 4.69) is 15.9 Å². The Morgan fingerprint density at radius 2 is 2.06 bits per heavy atom. The molecule has 0 radical (unpaired) electrons. The third kappa shape index (κ3) is 3.02. The van der Waals surface area contributed by atoms with Crippen LogP contribution in [0.2, 0.25) is 5.02 Å². The van der Waals surface area contributed by atoms with Crippen LogP contribution in [0.3, 0.4) is 0 Å². The van der Waals surface area contributed by atoms with Crippen molar-refractivity contribution in [3.63, 3.8) is 0 Å². The number of carbonyl (C=O) groups is 1. The van der Waals surface area contributed by atoms with E-state index in [1.165, 1.54) is 6.42 Å². The third-order valence-electron chi connectivity index (χ3n) is 3.16. The molecular formula is C13H15BrClNO. The number of benzene rings is 1. The summed E-state index contributed by atoms with van der Waals surface area (Å²) in [6.07, 6.45) is 3.40. The van der Waals surface area contributed by atoms with Crippen LogP contribution in [0, 0.1) is 0 Å². The minimum Gasteiger partial charge on any atom is -0.335 e. The zero-order valence-electron chi connectivity index (χ0n) is 9.53. The van der Waals surface area contributed by atoms with Crippen LogP contribution in [0.5, 0.6) is 0 Å². The van der Waals surface area contributed by atoms with Crippen molar-refractivity contribution < 1.29 is 4.79 Å². The normalized spacial score (nSPS) is 20.4. The third-order valence-corrected chi connectivity index (χ3v) is 4.16. The molecule has 1 unspecified atom stereocenters. The van der Waals surface area contributed by atoms with Gasteiger partial charge in [0.05, 0.1) is 0 Å². The highest BCUT2D eigenvalue weighted by molar-refractivity contribution is 9.09. The maximum atomic E-state index is 12.3. The van der Waals surface area contributed by atoms with Crippen molar-refractivity contribution in [2.24, 2.45) is 0 Å². The SMILES string of the molecule is O=C(c1ccc(Cl)cc1)N1CCCCC1CBr. The highest BCUT2D eigenvalue weighted by Gasteiger charge is 2.26. The van der Waals surface area contributed by atoms with Gasteiger partial charge in [0, 0.05) is 28.5 Å². The van der Waals surface area contributed by atoms with Gasteiger partial charge in [-0.2, -0.15) is 0 Å². The fourth-order valence-corrected chi connectivity index (χ4v) is 2.99. The molecule has 0 aliphatic carbocycles. The van der Waals surface area contributed by atoms with Crippen LogP contribution in [0.1, 0.15) is 29.6 Å². The molecule has 0 bridgehead atoms. The number of carbonyl (C=O) groups excluding carboxylic acids is 1. The molecular weight excluding hydrogens is 302 g/mol. The van der Waals surface area contributed by atoms with Gasteiger partial charge in [0.15, 0.2) is 0 Å². The second kappa shape index (κ2) is 5.87. The lowest BCUT2D eigenvalue weighted by Gasteiger charge is -2.34. The second-order valence-corrected chi connectivity index (χ2v) is 5.39. The number of alkyl halides is 1. The van der Waals surface area contributed by atoms with E-state index in [1.807, 2.05) is 4.90 Å². The smallest absolute Gasteiger partial charge is 0.254 e. The lowest BCUT2D eigenvalue weighted by Crippen LogP contribution is -2.44. The standard InChI is InChI=1S/C13H15BrClNO/c14-9-12-3-1-2-8-16(12)13(17)10-4-6-11(15)7-5-10/h4-7,12H,1-3,8-9H2. The Hall–Kier alpha value is -0.540. The van der Waals surface area contributed by atoms with Crippen molar-refractivity contribution in [2.45, 2.75) is 25.3 Å². The van der Waals surface area contributed by atoms with Gasteiger partial charge in [-0.3, -0.25) is 4.79 Å². The van der Waals surface area contributed by atoms with Crippen LogP contribution < -0.4 is 0 Å². The van der Waals surface area contributed by atoms with Gasteiger partial charge in [-0.25, -0.2) is 0 Å². The summed E-state index contributed by atoms with van der Waals surface area (Å²) in [5.74, 6) is 0.116. The monoisotopic (exact) mass is 315 g/mol. The van der Waals surface area contributed by atoms with Crippen molar-refractivity contribution in [2.75, 3.05) is 11.9 Å². The van der Waals surface area contributed by atoms with E-state index in [9.17, 15) is 4.79 Å². The number of halogens is 2. The Kier molecular flexibility index (Phi) is 4.46. The molecule has 1 amide bonds. The first-order valence-electron chi connectivity index (χ1n) is 5.85. The van der Waals surface area contributed by atoms with Gasteiger partial charge in [-0.15, -0.1) is 0 Å². The summed E-state index contributed by atoms with van der Waals surface area (Å²) in [4.78, 5) is 14.3. The highest BCUT2D eigenvalue weighted by Crippen LogP contribution is 2.21. The molecule has 1 aromatic rings. The Morgan fingerprint density at radius 1 is 1.35 bits per heavy atom. The molecule has 17 heavy (non-hydrogen) atoms. The van der Waals surface area contributed by atoms with Crippen molar-refractivity contribution >= 4 is 33.4 Å². The molecule has 0 aromatic heterocycles. The molecule has 1 heterocycles. The number of likely N-dealkylation sites (tertiary alicyclic amines) is 1. The lowest BCUT2D eigenvalue weighted by molar-refractivity contribution is 0.0642. The quantitative estimate of drug-likeness (QED) is 0.761. The minimum absolute atomic E-state index is 0.116. The van der Waals surface area contributed by atoms with Crippen molar-refractivity contribution in [3.8, 4) is 0 Å². The van der Waals surface area contributed by atoms with Crippen molar-refractivity contribution in [1.82, 2.24) is 4.90 Å². The molecule has 1 aromatic carbocycles. The first-order chi connectivity index (χ1) is 8.22. The molecule has 0 N–H and O–H groups in total. The van der Waals surface area contributed by atoms with Crippen molar-refractivity contribution in [3.05, 3.63) is 34.9 Å². The van der Waals surface area contributed by atoms with Gasteiger partial charge < -0.3 is 4.90 Å². The lowest BCUT2D eigenvalue weighted by atomic mass is 10.0. The Labute approximate surface area is 115 Å². The molecule has 1 saturated heterocycles. The zero-order chi connectivity index (χ0) is 12.3. The molecule has 92 valence electrons. The van der Waals surface area contributed by atoms with Crippen LogP contribution in [0.15, 0.2) is 24.3 Å². The predicted molar refractivity (Wildman–Crippen MR) is 73.9 cm³/mol. The van der Waals surface area contributed by atoms with Gasteiger partial charge in [0.1, 0.15) is 0 Å². The Morgan fingerprint density at radius 3 is 2.71 bits per heavy atom. The summed E-state index contributed by atoms with van der Waals surface area (Å²) in [6.45, 7) is 0.859. The number of hydrogen-bond donors (Lipinski definition) is 0. The maximum absolute atomic E-state index is 12.3. The van der Waals surface area contributed by atoms with E-state index < -0.39 is 0 Å². The van der Waals surface area contributed by atoms with Gasteiger partial charge >= 0.3 is 0 Å². The van der Waals surface area contributed by atoms with Crippen molar-refractivity contribution in [1.29, 1.82) is 0 Å². The van der Waals surface area contributed by atoms with E-state index in [0.29, 0.717) is 11.1 Å². The number of rotatable bonds is 2. The van der Waals surface area contributed by atoms with Gasteiger partial charge in [-0.1, -0.05) is 27.5 Å². The van der Waals surface area contributed by atoms with E-state index in [0.717, 1.165) is 30.3 Å². The van der Waals surface area contributed by atoms with Crippen LogP contribution in [-0.2, 0) is 0 Å². The molecule has 1 aliphatic heterocycles. The van der Waals surface area contributed by atoms with Gasteiger partial charge in [0.2, 0.25) is 0 Å². The summed E-state index contributed by atoms with van der Waals surface area (Å²) >= 11 is 9.31. The molecule has 4 heteroatoms. The number of nitrogens with zero attached hydrogens (tertiary/aromatic N) is 1. The summed E-state index contributed by atoms with van der Waals surface area (Å²) in [6, 6.07) is 7.45. The fraction of sp³-hybridized carbons (Fsp3) is 0.462. The molecule has 0 saturated carbocycles. The average Bonchev–Trinajstić information content (AvgIpc) is 2.39. The first kappa shape index (κ1) is 12.9.